The number of carbonyl (C=O) groups excluding carboxylic acids is 1. The van der Waals surface area contributed by atoms with Crippen molar-refractivity contribution in [3.05, 3.63) is 46.3 Å². The zero-order valence-corrected chi connectivity index (χ0v) is 18.0. The maximum Gasteiger partial charge on any atom is 0.505 e. The third-order valence-corrected chi connectivity index (χ3v) is 5.88. The number of aryl methyl sites for hydroxylation is 1. The maximum atomic E-state index is 12.7. The number of nitrogens with zero attached hydrogens (tertiary/aromatic N) is 2. The van der Waals surface area contributed by atoms with Crippen LogP contribution in [0.15, 0.2) is 40.6 Å². The van der Waals surface area contributed by atoms with Gasteiger partial charge in [-0.25, -0.2) is 17.9 Å². The molecular formula is C20H30N3O5S+. The topological polar surface area (TPSA) is 121 Å². The van der Waals surface area contributed by atoms with Gasteiger partial charge in [0, 0.05) is 12.5 Å². The number of diazo groups is 1. The lowest BCUT2D eigenvalue weighted by Gasteiger charge is -2.18. The van der Waals surface area contributed by atoms with Crippen molar-refractivity contribution in [1.82, 2.24) is 4.72 Å². The predicted octanol–water partition coefficient (Wildman–Crippen LogP) is 4.19. The van der Waals surface area contributed by atoms with Crippen molar-refractivity contribution in [2.24, 2.45) is 0 Å². The van der Waals surface area contributed by atoms with Crippen molar-refractivity contribution in [2.45, 2.75) is 70.2 Å². The molecule has 8 nitrogen and oxygen atoms in total. The van der Waals surface area contributed by atoms with Crippen LogP contribution in [0.5, 0.6) is 0 Å². The highest BCUT2D eigenvalue weighted by molar-refractivity contribution is 7.89. The third kappa shape index (κ3) is 8.21. The molecular weight excluding hydrogens is 394 g/mol. The number of ether oxygens (including phenoxy) is 1. The number of benzene rings is 1. The van der Waals surface area contributed by atoms with Crippen molar-refractivity contribution >= 4 is 16.0 Å². The van der Waals surface area contributed by atoms with Crippen LogP contribution in [0.4, 0.5) is 0 Å². The molecule has 9 heteroatoms. The molecule has 0 saturated heterocycles. The van der Waals surface area contributed by atoms with Crippen molar-refractivity contribution < 1.29 is 23.1 Å². The molecule has 160 valence electrons. The molecule has 1 unspecified atom stereocenters. The van der Waals surface area contributed by atoms with Gasteiger partial charge in [-0.05, 0) is 32.4 Å². The predicted molar refractivity (Wildman–Crippen MR) is 110 cm³/mol. The van der Waals surface area contributed by atoms with Gasteiger partial charge in [0.25, 0.3) is 0 Å². The minimum Gasteiger partial charge on any atom is -0.505 e. The lowest BCUT2D eigenvalue weighted by molar-refractivity contribution is -0.138. The SMILES string of the molecule is CCCCCCC(C/C(O)=C(\[N+]#N)C(=O)OCC)NS(=O)(=O)c1ccc(C)cc1. The fourth-order valence-electron chi connectivity index (χ4n) is 2.77. The van der Waals surface area contributed by atoms with Crippen LogP contribution in [0.1, 0.15) is 57.9 Å². The first-order chi connectivity index (χ1) is 13.7. The van der Waals surface area contributed by atoms with Gasteiger partial charge in [-0.1, -0.05) is 50.3 Å². The molecule has 0 bridgehead atoms. The molecule has 0 saturated carbocycles. The average Bonchev–Trinajstić information content (AvgIpc) is 2.66. The summed E-state index contributed by atoms with van der Waals surface area (Å²) >= 11 is 0. The lowest BCUT2D eigenvalue weighted by Crippen LogP contribution is -2.35. The number of carbonyl (C=O) groups is 1. The standard InChI is InChI=1S/C20H29N3O5S/c1-4-6-7-8-9-16(14-18(24)19(22-21)20(25)28-5-2)23-29(26,27)17-12-10-15(3)11-13-17/h10-13,16,23H,4-9,14H2,1-3H3/p+1. The molecule has 0 spiro atoms. The van der Waals surface area contributed by atoms with Gasteiger partial charge in [0.1, 0.15) is 0 Å². The molecule has 2 N–H and O–H groups in total. The maximum absolute atomic E-state index is 12.7. The van der Waals surface area contributed by atoms with Crippen LogP contribution in [0.2, 0.25) is 0 Å². The van der Waals surface area contributed by atoms with Crippen molar-refractivity contribution in [2.75, 3.05) is 6.61 Å². The van der Waals surface area contributed by atoms with Crippen LogP contribution in [0.3, 0.4) is 0 Å². The highest BCUT2D eigenvalue weighted by Gasteiger charge is 2.32. The highest BCUT2D eigenvalue weighted by atomic mass is 32.2. The number of sulfonamides is 1. The van der Waals surface area contributed by atoms with E-state index < -0.39 is 33.5 Å². The summed E-state index contributed by atoms with van der Waals surface area (Å²) in [5.41, 5.74) is 0.309. The molecule has 1 aromatic rings. The summed E-state index contributed by atoms with van der Waals surface area (Å²) in [5.74, 6) is -1.50. The van der Waals surface area contributed by atoms with Gasteiger partial charge in [-0.15, -0.1) is 0 Å². The normalized spacial score (nSPS) is 13.3. The summed E-state index contributed by atoms with van der Waals surface area (Å²) in [6, 6.07) is 5.74. The van der Waals surface area contributed by atoms with E-state index in [1.54, 1.807) is 19.1 Å². The first kappa shape index (κ1) is 24.6. The van der Waals surface area contributed by atoms with Crippen LogP contribution in [-0.4, -0.2) is 32.1 Å². The van der Waals surface area contributed by atoms with Crippen LogP contribution in [0, 0.1) is 12.3 Å². The van der Waals surface area contributed by atoms with E-state index in [1.807, 2.05) is 6.92 Å². The molecule has 0 aliphatic heterocycles. The number of rotatable bonds is 12. The number of nitrogens with one attached hydrogen (secondary N) is 1. The number of aliphatic hydroxyl groups excluding tert-OH is 1. The molecule has 29 heavy (non-hydrogen) atoms. The molecule has 0 fully saturated rings. The van der Waals surface area contributed by atoms with Crippen LogP contribution >= 0.6 is 0 Å². The summed E-state index contributed by atoms with van der Waals surface area (Å²) < 4.78 is 32.8. The Morgan fingerprint density at radius 3 is 2.41 bits per heavy atom. The van der Waals surface area contributed by atoms with Gasteiger partial charge in [0.05, 0.1) is 11.5 Å². The van der Waals surface area contributed by atoms with E-state index in [4.69, 9.17) is 10.1 Å². The van der Waals surface area contributed by atoms with E-state index in [0.29, 0.717) is 6.42 Å². The Kier molecular flexibility index (Phi) is 10.3. The molecule has 0 heterocycles. The number of hydrogen-bond donors (Lipinski definition) is 2. The Morgan fingerprint density at radius 1 is 1.21 bits per heavy atom. The van der Waals surface area contributed by atoms with E-state index >= 15 is 0 Å². The second-order valence-electron chi connectivity index (χ2n) is 6.80. The molecule has 0 amide bonds. The van der Waals surface area contributed by atoms with E-state index in [1.165, 1.54) is 12.1 Å². The molecule has 0 radical (unpaired) electrons. The molecule has 1 atom stereocenters. The Balaban J connectivity index is 3.05. The van der Waals surface area contributed by atoms with E-state index in [-0.39, 0.29) is 17.9 Å². The Labute approximate surface area is 172 Å². The average molecular weight is 425 g/mol. The zero-order chi connectivity index (χ0) is 21.9. The summed E-state index contributed by atoms with van der Waals surface area (Å²) in [6.07, 6.45) is 3.96. The van der Waals surface area contributed by atoms with Crippen LogP contribution in [-0.2, 0) is 19.6 Å². The number of hydrogen-bond acceptors (Lipinski definition) is 6. The minimum absolute atomic E-state index is 0.0473. The molecule has 0 aliphatic carbocycles. The summed E-state index contributed by atoms with van der Waals surface area (Å²) in [6.45, 7) is 5.56. The van der Waals surface area contributed by atoms with Gasteiger partial charge in [0.2, 0.25) is 15.4 Å². The third-order valence-electron chi connectivity index (χ3n) is 4.34. The number of aliphatic hydroxyl groups is 1. The Morgan fingerprint density at radius 2 is 1.86 bits per heavy atom. The van der Waals surface area contributed by atoms with E-state index in [0.717, 1.165) is 31.2 Å². The summed E-state index contributed by atoms with van der Waals surface area (Å²) in [7, 11) is -3.82. The zero-order valence-electron chi connectivity index (χ0n) is 17.2. The quantitative estimate of drug-likeness (QED) is 0.171. The molecule has 0 aliphatic rings. The second kappa shape index (κ2) is 12.2. The Hall–Kier alpha value is -2.44. The Bertz CT molecular complexity index is 842. The fraction of sp³-hybridized carbons (Fsp3) is 0.550. The smallest absolute Gasteiger partial charge is 0.505 e. The summed E-state index contributed by atoms with van der Waals surface area (Å²) in [4.78, 5) is 14.7. The molecule has 1 aromatic carbocycles. The van der Waals surface area contributed by atoms with Crippen molar-refractivity contribution in [3.8, 4) is 0 Å². The minimum atomic E-state index is -3.82. The molecule has 1 rings (SSSR count). The first-order valence-electron chi connectivity index (χ1n) is 9.78. The van der Waals surface area contributed by atoms with Gasteiger partial charge in [0.15, 0.2) is 10.7 Å². The van der Waals surface area contributed by atoms with E-state index in [2.05, 4.69) is 16.6 Å². The largest absolute Gasteiger partial charge is 0.505 e. The van der Waals surface area contributed by atoms with Crippen molar-refractivity contribution in [1.29, 1.82) is 5.39 Å². The monoisotopic (exact) mass is 424 g/mol. The fourth-order valence-corrected chi connectivity index (χ4v) is 4.04. The van der Waals surface area contributed by atoms with Crippen LogP contribution in [0.25, 0.3) is 4.98 Å². The van der Waals surface area contributed by atoms with Crippen LogP contribution < -0.4 is 4.72 Å². The van der Waals surface area contributed by atoms with Crippen molar-refractivity contribution in [3.63, 3.8) is 0 Å². The van der Waals surface area contributed by atoms with Gasteiger partial charge >= 0.3 is 11.7 Å². The molecule has 0 aromatic heterocycles. The number of unbranched alkanes of at least 4 members (excludes halogenated alkanes) is 3. The van der Waals surface area contributed by atoms with Gasteiger partial charge in [-0.2, -0.15) is 0 Å². The second-order valence-corrected chi connectivity index (χ2v) is 8.51. The van der Waals surface area contributed by atoms with E-state index in [9.17, 15) is 18.3 Å². The summed E-state index contributed by atoms with van der Waals surface area (Å²) in [5, 5.41) is 19.3. The lowest BCUT2D eigenvalue weighted by atomic mass is 10.0. The van der Waals surface area contributed by atoms with Gasteiger partial charge < -0.3 is 9.84 Å². The highest BCUT2D eigenvalue weighted by Crippen LogP contribution is 2.19. The van der Waals surface area contributed by atoms with Gasteiger partial charge in [-0.3, -0.25) is 0 Å². The number of esters is 1. The first-order valence-corrected chi connectivity index (χ1v) is 11.3.